The van der Waals surface area contributed by atoms with E-state index in [0.717, 1.165) is 23.4 Å². The van der Waals surface area contributed by atoms with Crippen LogP contribution in [0.3, 0.4) is 0 Å². The lowest BCUT2D eigenvalue weighted by Crippen LogP contribution is -2.48. The Morgan fingerprint density at radius 3 is 2.76 bits per heavy atom. The lowest BCUT2D eigenvalue weighted by molar-refractivity contribution is -0.0308. The molecule has 4 heterocycles. The fourth-order valence-electron chi connectivity index (χ4n) is 5.36. The second-order valence-corrected chi connectivity index (χ2v) is 9.73. The standard InChI is InChI=1S/C25H26FN5O3/c1-10-15-7-19(10)30-23-11(2)17(8-29-24(15)23)16-3-12-4-20(28-9-18(12)22(27)21(16)26)31-25(33)34-14-5-13(32)6-14/h3-4,8-10,13-15,19,30,32H,5-7,27H2,1-2H3,(H,28,31,33)/t10-,13?,14?,15-,19?/m1/s1. The van der Waals surface area contributed by atoms with Crippen molar-refractivity contribution in [2.24, 2.45) is 5.92 Å². The van der Waals surface area contributed by atoms with Gasteiger partial charge in [0, 0.05) is 53.7 Å². The van der Waals surface area contributed by atoms with Crippen LogP contribution < -0.4 is 16.4 Å². The maximum absolute atomic E-state index is 15.4. The molecule has 0 spiro atoms. The molecule has 2 aromatic heterocycles. The van der Waals surface area contributed by atoms with Crippen molar-refractivity contribution in [2.45, 2.75) is 57.3 Å². The Morgan fingerprint density at radius 1 is 1.24 bits per heavy atom. The van der Waals surface area contributed by atoms with Crippen molar-refractivity contribution < 1.29 is 19.0 Å². The lowest BCUT2D eigenvalue weighted by Gasteiger charge is -2.49. The van der Waals surface area contributed by atoms with E-state index in [-0.39, 0.29) is 17.6 Å². The highest BCUT2D eigenvalue weighted by molar-refractivity contribution is 5.99. The molecule has 176 valence electrons. The number of hydrogen-bond donors (Lipinski definition) is 4. The minimum atomic E-state index is -0.646. The van der Waals surface area contributed by atoms with Gasteiger partial charge in [0.2, 0.25) is 0 Å². The first-order valence-electron chi connectivity index (χ1n) is 11.6. The summed E-state index contributed by atoms with van der Waals surface area (Å²) in [5, 5.41) is 16.6. The molecule has 7 rings (SSSR count). The Kier molecular flexibility index (Phi) is 4.67. The van der Waals surface area contributed by atoms with E-state index in [2.05, 4.69) is 22.5 Å². The maximum atomic E-state index is 15.4. The number of aromatic nitrogens is 2. The molecule has 2 bridgehead atoms. The molecule has 2 saturated carbocycles. The largest absolute Gasteiger partial charge is 0.446 e. The van der Waals surface area contributed by atoms with Crippen LogP contribution in [0.4, 0.5) is 26.4 Å². The Labute approximate surface area is 195 Å². The van der Waals surface area contributed by atoms with Crippen LogP contribution in [0, 0.1) is 18.7 Å². The molecule has 1 aromatic carbocycles. The normalized spacial score (nSPS) is 26.6. The van der Waals surface area contributed by atoms with Crippen LogP contribution in [0.1, 0.15) is 43.4 Å². The lowest BCUT2D eigenvalue weighted by atomic mass is 9.65. The first-order valence-corrected chi connectivity index (χ1v) is 11.6. The minimum absolute atomic E-state index is 0.000804. The van der Waals surface area contributed by atoms with Gasteiger partial charge in [-0.1, -0.05) is 6.92 Å². The van der Waals surface area contributed by atoms with Crippen LogP contribution in [0.2, 0.25) is 0 Å². The van der Waals surface area contributed by atoms with Gasteiger partial charge in [-0.2, -0.15) is 0 Å². The summed E-state index contributed by atoms with van der Waals surface area (Å²) < 4.78 is 20.6. The van der Waals surface area contributed by atoms with Crippen LogP contribution in [0.25, 0.3) is 21.9 Å². The van der Waals surface area contributed by atoms with Crippen LogP contribution >= 0.6 is 0 Å². The summed E-state index contributed by atoms with van der Waals surface area (Å²) in [7, 11) is 0. The van der Waals surface area contributed by atoms with E-state index < -0.39 is 18.0 Å². The first kappa shape index (κ1) is 21.1. The Bertz CT molecular complexity index is 1340. The third-order valence-corrected chi connectivity index (χ3v) is 7.69. The van der Waals surface area contributed by atoms with E-state index >= 15 is 4.39 Å². The SMILES string of the molecule is Cc1c(-c2cc3cc(NC(=O)OC4CC(O)C4)ncc3c(N)c2F)cnc2c1NC1C[C@@H]2[C@H]1C. The number of fused-ring (bicyclic) bond motifs is 1. The molecule has 3 aromatic rings. The van der Waals surface area contributed by atoms with E-state index in [9.17, 15) is 9.90 Å². The number of pyridine rings is 2. The number of aliphatic hydroxyl groups excluding tert-OH is 1. The quantitative estimate of drug-likeness (QED) is 0.427. The number of amides is 1. The summed E-state index contributed by atoms with van der Waals surface area (Å²) in [6.07, 6.45) is 3.76. The second kappa shape index (κ2) is 7.53. The molecule has 1 amide bonds. The van der Waals surface area contributed by atoms with Crippen LogP contribution in [0.15, 0.2) is 24.5 Å². The molecular weight excluding hydrogens is 437 g/mol. The molecule has 4 aliphatic rings. The minimum Gasteiger partial charge on any atom is -0.446 e. The highest BCUT2D eigenvalue weighted by Gasteiger charge is 2.45. The fraction of sp³-hybridized carbons (Fsp3) is 0.400. The van der Waals surface area contributed by atoms with Crippen LogP contribution in [-0.4, -0.2) is 39.4 Å². The number of anilines is 3. The summed E-state index contributed by atoms with van der Waals surface area (Å²) in [6.45, 7) is 4.21. The molecule has 9 heteroatoms. The van der Waals surface area contributed by atoms with Gasteiger partial charge in [-0.05, 0) is 42.3 Å². The Balaban J connectivity index is 1.34. The number of nitrogens with two attached hydrogens (primary N) is 1. The molecular formula is C25H26FN5O3. The number of hydrogen-bond acceptors (Lipinski definition) is 7. The predicted octanol–water partition coefficient (Wildman–Crippen LogP) is 4.32. The Hall–Kier alpha value is -3.46. The summed E-state index contributed by atoms with van der Waals surface area (Å²) in [4.78, 5) is 21.0. The summed E-state index contributed by atoms with van der Waals surface area (Å²) in [5.74, 6) is 0.753. The third-order valence-electron chi connectivity index (χ3n) is 7.69. The second-order valence-electron chi connectivity index (χ2n) is 9.73. The Morgan fingerprint density at radius 2 is 2.03 bits per heavy atom. The number of benzene rings is 1. The number of ether oxygens (including phenoxy) is 1. The van der Waals surface area contributed by atoms with Gasteiger partial charge in [0.05, 0.1) is 23.2 Å². The summed E-state index contributed by atoms with van der Waals surface area (Å²) >= 11 is 0. The van der Waals surface area contributed by atoms with E-state index in [0.29, 0.717) is 52.6 Å². The third kappa shape index (κ3) is 3.18. The zero-order valence-electron chi connectivity index (χ0n) is 18.9. The molecule has 0 saturated heterocycles. The number of rotatable bonds is 3. The monoisotopic (exact) mass is 463 g/mol. The molecule has 0 radical (unpaired) electrons. The smallest absolute Gasteiger partial charge is 0.413 e. The zero-order chi connectivity index (χ0) is 23.7. The van der Waals surface area contributed by atoms with Gasteiger partial charge in [0.15, 0.2) is 5.82 Å². The number of aliphatic hydroxyl groups is 1. The van der Waals surface area contributed by atoms with E-state index in [1.54, 1.807) is 18.3 Å². The molecule has 2 aliphatic carbocycles. The predicted molar refractivity (Wildman–Crippen MR) is 127 cm³/mol. The van der Waals surface area contributed by atoms with Crippen molar-refractivity contribution in [3.05, 3.63) is 41.6 Å². The van der Waals surface area contributed by atoms with Gasteiger partial charge in [-0.3, -0.25) is 10.3 Å². The number of carbonyl (C=O) groups is 1. The van der Waals surface area contributed by atoms with E-state index in [1.807, 2.05) is 6.92 Å². The molecule has 1 unspecified atom stereocenters. The zero-order valence-corrected chi connectivity index (χ0v) is 18.9. The summed E-state index contributed by atoms with van der Waals surface area (Å²) in [5.41, 5.74) is 10.2. The highest BCUT2D eigenvalue weighted by Crippen LogP contribution is 2.52. The van der Waals surface area contributed by atoms with Crippen molar-refractivity contribution in [2.75, 3.05) is 16.4 Å². The van der Waals surface area contributed by atoms with E-state index in [1.165, 1.54) is 6.20 Å². The van der Waals surface area contributed by atoms with Gasteiger partial charge >= 0.3 is 6.09 Å². The van der Waals surface area contributed by atoms with Crippen molar-refractivity contribution >= 4 is 34.1 Å². The number of halogens is 1. The highest BCUT2D eigenvalue weighted by atomic mass is 19.1. The van der Waals surface area contributed by atoms with Crippen LogP contribution in [-0.2, 0) is 4.74 Å². The van der Waals surface area contributed by atoms with Gasteiger partial charge < -0.3 is 20.9 Å². The molecule has 2 aliphatic heterocycles. The summed E-state index contributed by atoms with van der Waals surface area (Å²) in [6, 6.07) is 3.79. The molecule has 3 atom stereocenters. The van der Waals surface area contributed by atoms with Crippen LogP contribution in [0.5, 0.6) is 0 Å². The van der Waals surface area contributed by atoms with Crippen molar-refractivity contribution in [1.29, 1.82) is 0 Å². The average Bonchev–Trinajstić information content (AvgIpc) is 2.80. The van der Waals surface area contributed by atoms with Crippen molar-refractivity contribution in [3.63, 3.8) is 0 Å². The van der Waals surface area contributed by atoms with Gasteiger partial charge in [-0.25, -0.2) is 14.2 Å². The first-order chi connectivity index (χ1) is 16.3. The number of nitrogens with one attached hydrogen (secondary N) is 2. The maximum Gasteiger partial charge on any atom is 0.413 e. The van der Waals surface area contributed by atoms with Crippen molar-refractivity contribution in [1.82, 2.24) is 9.97 Å². The average molecular weight is 464 g/mol. The fourth-order valence-corrected chi connectivity index (χ4v) is 5.36. The van der Waals surface area contributed by atoms with Crippen molar-refractivity contribution in [3.8, 4) is 11.1 Å². The molecule has 5 N–H and O–H groups in total. The van der Waals surface area contributed by atoms with E-state index in [4.69, 9.17) is 15.5 Å². The molecule has 34 heavy (non-hydrogen) atoms. The molecule has 8 nitrogen and oxygen atoms in total. The number of nitrogens with zero attached hydrogens (tertiary/aromatic N) is 2. The van der Waals surface area contributed by atoms with Gasteiger partial charge in [-0.15, -0.1) is 0 Å². The molecule has 2 fully saturated rings. The van der Waals surface area contributed by atoms with Gasteiger partial charge in [0.25, 0.3) is 0 Å². The van der Waals surface area contributed by atoms with Gasteiger partial charge in [0.1, 0.15) is 11.9 Å². The number of carbonyl (C=O) groups excluding carboxylic acids is 1. The number of nitrogen functional groups attached to an aromatic ring is 1. The topological polar surface area (TPSA) is 122 Å².